The lowest BCUT2D eigenvalue weighted by molar-refractivity contribution is -0.129. The zero-order valence-corrected chi connectivity index (χ0v) is 23.0. The van der Waals surface area contributed by atoms with E-state index in [1.54, 1.807) is 11.0 Å². The second-order valence-corrected chi connectivity index (χ2v) is 9.62. The number of allylic oxidation sites excluding steroid dienone is 1. The molecule has 7 nitrogen and oxygen atoms in total. The maximum atomic E-state index is 13.4. The molecule has 0 saturated carbocycles. The van der Waals surface area contributed by atoms with Gasteiger partial charge in [0.1, 0.15) is 0 Å². The van der Waals surface area contributed by atoms with Crippen molar-refractivity contribution in [2.45, 2.75) is 45.6 Å². The summed E-state index contributed by atoms with van der Waals surface area (Å²) in [5.41, 5.74) is 1.62. The second-order valence-electron chi connectivity index (χ2n) is 9.62. The van der Waals surface area contributed by atoms with Crippen LogP contribution < -0.4 is 9.47 Å². The van der Waals surface area contributed by atoms with Gasteiger partial charge in [0.05, 0.1) is 24.8 Å². The van der Waals surface area contributed by atoms with Gasteiger partial charge in [-0.1, -0.05) is 62.2 Å². The van der Waals surface area contributed by atoms with Crippen LogP contribution in [0.5, 0.6) is 11.5 Å². The third-order valence-electron chi connectivity index (χ3n) is 6.39. The maximum absolute atomic E-state index is 13.4. The Labute approximate surface area is 226 Å². The lowest BCUT2D eigenvalue weighted by Crippen LogP contribution is -2.33. The van der Waals surface area contributed by atoms with E-state index in [1.165, 1.54) is 6.08 Å². The lowest BCUT2D eigenvalue weighted by Gasteiger charge is -2.28. The van der Waals surface area contributed by atoms with Crippen molar-refractivity contribution in [3.05, 3.63) is 77.1 Å². The Morgan fingerprint density at radius 1 is 1.03 bits per heavy atom. The van der Waals surface area contributed by atoms with Crippen molar-refractivity contribution in [2.75, 3.05) is 40.4 Å². The quantitative estimate of drug-likeness (QED) is 0.244. The van der Waals surface area contributed by atoms with Crippen LogP contribution in [-0.2, 0) is 9.59 Å². The summed E-state index contributed by atoms with van der Waals surface area (Å²) in [5, 5.41) is 10.9. The van der Waals surface area contributed by atoms with Crippen LogP contribution in [0.3, 0.4) is 0 Å². The SMILES string of the molecule is CCCCCOc1ccc(C2C(C(=O)C=Cc3ccccc3)=C(O)C(=O)N2CCCN(C)C)cc1OCC. The molecule has 2 aromatic carbocycles. The number of aliphatic hydroxyl groups excluding tert-OH is 1. The number of benzene rings is 2. The third-order valence-corrected chi connectivity index (χ3v) is 6.39. The summed E-state index contributed by atoms with van der Waals surface area (Å²) >= 11 is 0. The Morgan fingerprint density at radius 2 is 1.79 bits per heavy atom. The first-order chi connectivity index (χ1) is 18.4. The van der Waals surface area contributed by atoms with Gasteiger partial charge in [0.15, 0.2) is 23.0 Å². The number of ketones is 1. The van der Waals surface area contributed by atoms with E-state index >= 15 is 0 Å². The Kier molecular flexibility index (Phi) is 11.0. The van der Waals surface area contributed by atoms with E-state index < -0.39 is 23.5 Å². The minimum atomic E-state index is -0.731. The highest BCUT2D eigenvalue weighted by atomic mass is 16.5. The largest absolute Gasteiger partial charge is 0.503 e. The molecule has 1 unspecified atom stereocenters. The number of hydrogen-bond donors (Lipinski definition) is 1. The van der Waals surface area contributed by atoms with E-state index in [4.69, 9.17) is 9.47 Å². The van der Waals surface area contributed by atoms with Crippen molar-refractivity contribution in [2.24, 2.45) is 0 Å². The van der Waals surface area contributed by atoms with Gasteiger partial charge in [-0.05, 0) is 69.7 Å². The first kappa shape index (κ1) is 29.0. The van der Waals surface area contributed by atoms with Crippen LogP contribution in [0.4, 0.5) is 0 Å². The Morgan fingerprint density at radius 3 is 2.47 bits per heavy atom. The van der Waals surface area contributed by atoms with E-state index in [0.29, 0.717) is 43.2 Å². The molecule has 0 bridgehead atoms. The summed E-state index contributed by atoms with van der Waals surface area (Å²) < 4.78 is 11.9. The minimum Gasteiger partial charge on any atom is -0.503 e. The molecular weight excluding hydrogens is 480 g/mol. The summed E-state index contributed by atoms with van der Waals surface area (Å²) in [6, 6.07) is 14.2. The van der Waals surface area contributed by atoms with Crippen LogP contribution in [0.1, 0.15) is 56.7 Å². The highest BCUT2D eigenvalue weighted by Gasteiger charge is 2.42. The molecule has 3 rings (SSSR count). The van der Waals surface area contributed by atoms with Crippen molar-refractivity contribution in [3.63, 3.8) is 0 Å². The van der Waals surface area contributed by atoms with Gasteiger partial charge in [-0.3, -0.25) is 9.59 Å². The Bertz CT molecular complexity index is 1140. The monoisotopic (exact) mass is 520 g/mol. The summed E-state index contributed by atoms with van der Waals surface area (Å²) in [4.78, 5) is 30.2. The molecule has 204 valence electrons. The summed E-state index contributed by atoms with van der Waals surface area (Å²) in [5.74, 6) is -0.262. The number of carbonyl (C=O) groups excluding carboxylic acids is 2. The molecule has 0 aromatic heterocycles. The summed E-state index contributed by atoms with van der Waals surface area (Å²) in [6.45, 7) is 6.23. The highest BCUT2D eigenvalue weighted by molar-refractivity contribution is 6.14. The third kappa shape index (κ3) is 7.48. The molecule has 0 radical (unpaired) electrons. The van der Waals surface area contributed by atoms with E-state index in [-0.39, 0.29) is 5.57 Å². The topological polar surface area (TPSA) is 79.3 Å². The van der Waals surface area contributed by atoms with E-state index in [9.17, 15) is 14.7 Å². The van der Waals surface area contributed by atoms with Crippen LogP contribution in [0.15, 0.2) is 65.9 Å². The van der Waals surface area contributed by atoms with Crippen LogP contribution in [0.25, 0.3) is 6.08 Å². The number of rotatable bonds is 15. The molecule has 1 aliphatic heterocycles. The fraction of sp³-hybridized carbons (Fsp3) is 0.419. The molecule has 1 aliphatic rings. The fourth-order valence-electron chi connectivity index (χ4n) is 4.48. The van der Waals surface area contributed by atoms with Gasteiger partial charge in [0.25, 0.3) is 5.91 Å². The van der Waals surface area contributed by atoms with Gasteiger partial charge in [-0.15, -0.1) is 0 Å². The van der Waals surface area contributed by atoms with E-state index in [2.05, 4.69) is 6.92 Å². The van der Waals surface area contributed by atoms with E-state index in [0.717, 1.165) is 31.4 Å². The van der Waals surface area contributed by atoms with Crippen LogP contribution >= 0.6 is 0 Å². The molecule has 0 aliphatic carbocycles. The fourth-order valence-corrected chi connectivity index (χ4v) is 4.48. The standard InChI is InChI=1S/C31H40N2O5/c1-5-7-11-21-38-26-18-16-24(22-27(26)37-6-2)29-28(25(34)17-15-23-13-9-8-10-14-23)30(35)31(36)33(29)20-12-19-32(3)4/h8-10,13-18,22,29,35H,5-7,11-12,19-21H2,1-4H3. The molecule has 1 atom stereocenters. The van der Waals surface area contributed by atoms with Gasteiger partial charge in [0, 0.05) is 6.54 Å². The molecule has 0 fully saturated rings. The lowest BCUT2D eigenvalue weighted by atomic mass is 9.95. The van der Waals surface area contributed by atoms with Crippen molar-refractivity contribution < 1.29 is 24.2 Å². The van der Waals surface area contributed by atoms with Crippen LogP contribution in [0.2, 0.25) is 0 Å². The maximum Gasteiger partial charge on any atom is 0.290 e. The predicted molar refractivity (Wildman–Crippen MR) is 150 cm³/mol. The number of unbranched alkanes of at least 4 members (excludes halogenated alkanes) is 2. The average molecular weight is 521 g/mol. The van der Waals surface area contributed by atoms with Gasteiger partial charge >= 0.3 is 0 Å². The van der Waals surface area contributed by atoms with E-state index in [1.807, 2.05) is 74.4 Å². The van der Waals surface area contributed by atoms with Gasteiger partial charge < -0.3 is 24.4 Å². The number of carbonyl (C=O) groups is 2. The Balaban J connectivity index is 1.97. The number of ether oxygens (including phenoxy) is 2. The van der Waals surface area contributed by atoms with Crippen molar-refractivity contribution in [1.29, 1.82) is 0 Å². The summed E-state index contributed by atoms with van der Waals surface area (Å²) in [6.07, 6.45) is 6.94. The number of hydrogen-bond acceptors (Lipinski definition) is 6. The number of amides is 1. The first-order valence-corrected chi connectivity index (χ1v) is 13.4. The van der Waals surface area contributed by atoms with Crippen LogP contribution in [0, 0.1) is 0 Å². The average Bonchev–Trinajstić information content (AvgIpc) is 3.16. The molecule has 2 aromatic rings. The highest BCUT2D eigenvalue weighted by Crippen LogP contribution is 2.41. The van der Waals surface area contributed by atoms with Crippen LogP contribution in [-0.4, -0.2) is 67.0 Å². The molecule has 1 amide bonds. The van der Waals surface area contributed by atoms with Gasteiger partial charge in [0.2, 0.25) is 0 Å². The number of nitrogens with zero attached hydrogens (tertiary/aromatic N) is 2. The zero-order valence-electron chi connectivity index (χ0n) is 23.0. The minimum absolute atomic E-state index is 0.0751. The predicted octanol–water partition coefficient (Wildman–Crippen LogP) is 5.58. The number of aliphatic hydroxyl groups is 1. The molecular formula is C31H40N2O5. The molecule has 1 N–H and O–H groups in total. The normalized spacial score (nSPS) is 15.7. The van der Waals surface area contributed by atoms with Crippen molar-refractivity contribution in [3.8, 4) is 11.5 Å². The summed E-state index contributed by atoms with van der Waals surface area (Å²) in [7, 11) is 3.94. The molecule has 0 saturated heterocycles. The van der Waals surface area contributed by atoms with Crippen molar-refractivity contribution in [1.82, 2.24) is 9.80 Å². The van der Waals surface area contributed by atoms with Gasteiger partial charge in [-0.25, -0.2) is 0 Å². The molecule has 7 heteroatoms. The smallest absolute Gasteiger partial charge is 0.290 e. The first-order valence-electron chi connectivity index (χ1n) is 13.4. The molecule has 38 heavy (non-hydrogen) atoms. The van der Waals surface area contributed by atoms with Crippen molar-refractivity contribution >= 4 is 17.8 Å². The molecule has 1 heterocycles. The second kappa shape index (κ2) is 14.4. The zero-order chi connectivity index (χ0) is 27.5. The molecule has 0 spiro atoms. The van der Waals surface area contributed by atoms with Gasteiger partial charge in [-0.2, -0.15) is 0 Å². The Hall–Kier alpha value is -3.58.